The molecule has 0 bridgehead atoms. The Morgan fingerprint density at radius 2 is 2.10 bits per heavy atom. The zero-order chi connectivity index (χ0) is 15.1. The molecule has 2 aliphatic rings. The van der Waals surface area contributed by atoms with Crippen molar-refractivity contribution in [2.45, 2.75) is 18.9 Å². The molecular weight excluding hydrogens is 292 g/mol. The Morgan fingerprint density at radius 1 is 1.33 bits per heavy atom. The quantitative estimate of drug-likeness (QED) is 0.503. The van der Waals surface area contributed by atoms with Gasteiger partial charge in [-0.2, -0.15) is 0 Å². The molecule has 2 saturated heterocycles. The van der Waals surface area contributed by atoms with Crippen molar-refractivity contribution in [2.24, 2.45) is 4.99 Å². The summed E-state index contributed by atoms with van der Waals surface area (Å²) in [6, 6.07) is 0. The molecule has 0 radical (unpaired) electrons. The number of ether oxygens (including phenoxy) is 1. The van der Waals surface area contributed by atoms with Gasteiger partial charge in [0, 0.05) is 46.4 Å². The van der Waals surface area contributed by atoms with E-state index in [9.17, 15) is 8.42 Å². The summed E-state index contributed by atoms with van der Waals surface area (Å²) in [4.78, 5) is 6.35. The maximum atomic E-state index is 11.4. The summed E-state index contributed by atoms with van der Waals surface area (Å²) in [5, 5.41) is 6.52. The molecule has 2 rings (SSSR count). The van der Waals surface area contributed by atoms with E-state index in [0.29, 0.717) is 13.1 Å². The monoisotopic (exact) mass is 318 g/mol. The Morgan fingerprint density at radius 3 is 2.71 bits per heavy atom. The van der Waals surface area contributed by atoms with E-state index in [2.05, 4.69) is 20.5 Å². The van der Waals surface area contributed by atoms with Gasteiger partial charge in [0.2, 0.25) is 0 Å². The Hall–Kier alpha value is -0.860. The second kappa shape index (κ2) is 7.95. The van der Waals surface area contributed by atoms with Crippen molar-refractivity contribution in [1.82, 2.24) is 15.5 Å². The number of sulfone groups is 1. The van der Waals surface area contributed by atoms with E-state index in [-0.39, 0.29) is 17.6 Å². The Balaban J connectivity index is 1.60. The Labute approximate surface area is 127 Å². The molecule has 2 N–H and O–H groups in total. The number of hydrogen-bond donors (Lipinski definition) is 2. The SMILES string of the molecule is CN=C(NCCN1CCS(=O)(=O)CC1)NCC1CCCO1. The topological polar surface area (TPSA) is 83.0 Å². The highest BCUT2D eigenvalue weighted by Gasteiger charge is 2.21. The minimum atomic E-state index is -2.79. The number of hydrogen-bond acceptors (Lipinski definition) is 5. The molecule has 0 saturated carbocycles. The average molecular weight is 318 g/mol. The lowest BCUT2D eigenvalue weighted by molar-refractivity contribution is 0.114. The van der Waals surface area contributed by atoms with Gasteiger partial charge in [-0.15, -0.1) is 0 Å². The van der Waals surface area contributed by atoms with Crippen molar-refractivity contribution in [3.8, 4) is 0 Å². The van der Waals surface area contributed by atoms with Crippen LogP contribution in [0.1, 0.15) is 12.8 Å². The first kappa shape index (κ1) is 16.5. The molecule has 2 fully saturated rings. The number of rotatable bonds is 5. The van der Waals surface area contributed by atoms with Crippen molar-refractivity contribution in [3.05, 3.63) is 0 Å². The fourth-order valence-electron chi connectivity index (χ4n) is 2.54. The van der Waals surface area contributed by atoms with Gasteiger partial charge in [-0.05, 0) is 12.8 Å². The first-order valence-corrected chi connectivity index (χ1v) is 9.40. The molecule has 1 atom stereocenters. The summed E-state index contributed by atoms with van der Waals surface area (Å²) in [7, 11) is -1.04. The van der Waals surface area contributed by atoms with E-state index in [0.717, 1.165) is 45.0 Å². The van der Waals surface area contributed by atoms with Crippen LogP contribution in [0, 0.1) is 0 Å². The highest BCUT2D eigenvalue weighted by Crippen LogP contribution is 2.10. The summed E-state index contributed by atoms with van der Waals surface area (Å²) < 4.78 is 28.3. The molecule has 2 heterocycles. The lowest BCUT2D eigenvalue weighted by Gasteiger charge is -2.26. The molecule has 21 heavy (non-hydrogen) atoms. The normalized spacial score (nSPS) is 26.7. The smallest absolute Gasteiger partial charge is 0.191 e. The fourth-order valence-corrected chi connectivity index (χ4v) is 3.82. The number of nitrogens with one attached hydrogen (secondary N) is 2. The number of nitrogens with zero attached hydrogens (tertiary/aromatic N) is 2. The predicted molar refractivity (Wildman–Crippen MR) is 83.4 cm³/mol. The zero-order valence-corrected chi connectivity index (χ0v) is 13.5. The van der Waals surface area contributed by atoms with Crippen LogP contribution in [-0.4, -0.2) is 83.3 Å². The molecule has 122 valence electrons. The van der Waals surface area contributed by atoms with Crippen LogP contribution in [0.15, 0.2) is 4.99 Å². The van der Waals surface area contributed by atoms with Gasteiger partial charge in [-0.3, -0.25) is 9.89 Å². The van der Waals surface area contributed by atoms with Crippen LogP contribution in [0.25, 0.3) is 0 Å². The van der Waals surface area contributed by atoms with Crippen LogP contribution >= 0.6 is 0 Å². The summed E-state index contributed by atoms with van der Waals surface area (Å²) in [6.07, 6.45) is 2.53. The van der Waals surface area contributed by atoms with Gasteiger partial charge < -0.3 is 15.4 Å². The van der Waals surface area contributed by atoms with Crippen molar-refractivity contribution in [3.63, 3.8) is 0 Å². The fraction of sp³-hybridized carbons (Fsp3) is 0.923. The summed E-state index contributed by atoms with van der Waals surface area (Å²) in [6.45, 7) is 4.48. The van der Waals surface area contributed by atoms with E-state index in [1.165, 1.54) is 0 Å². The molecule has 7 nitrogen and oxygen atoms in total. The minimum Gasteiger partial charge on any atom is -0.376 e. The second-order valence-corrected chi connectivity index (χ2v) is 7.81. The van der Waals surface area contributed by atoms with E-state index < -0.39 is 9.84 Å². The Bertz CT molecular complexity index is 432. The molecule has 0 aliphatic carbocycles. The van der Waals surface area contributed by atoms with Gasteiger partial charge in [-0.25, -0.2) is 8.42 Å². The first-order valence-electron chi connectivity index (χ1n) is 7.58. The molecule has 1 unspecified atom stereocenters. The Kier molecular flexibility index (Phi) is 6.25. The third-order valence-electron chi connectivity index (χ3n) is 3.90. The maximum absolute atomic E-state index is 11.4. The molecule has 0 amide bonds. The van der Waals surface area contributed by atoms with Gasteiger partial charge in [0.1, 0.15) is 0 Å². The van der Waals surface area contributed by atoms with Gasteiger partial charge >= 0.3 is 0 Å². The molecule has 0 aromatic heterocycles. The largest absolute Gasteiger partial charge is 0.376 e. The summed E-state index contributed by atoms with van der Waals surface area (Å²) in [5.74, 6) is 1.33. The predicted octanol–water partition coefficient (Wildman–Crippen LogP) is -0.939. The van der Waals surface area contributed by atoms with Crippen LogP contribution < -0.4 is 10.6 Å². The number of aliphatic imine (C=N–C) groups is 1. The maximum Gasteiger partial charge on any atom is 0.191 e. The highest BCUT2D eigenvalue weighted by molar-refractivity contribution is 7.91. The highest BCUT2D eigenvalue weighted by atomic mass is 32.2. The van der Waals surface area contributed by atoms with Crippen LogP contribution in [0.3, 0.4) is 0 Å². The van der Waals surface area contributed by atoms with E-state index in [1.54, 1.807) is 7.05 Å². The minimum absolute atomic E-state index is 0.277. The molecular formula is C13H26N4O3S. The lowest BCUT2D eigenvalue weighted by atomic mass is 10.2. The van der Waals surface area contributed by atoms with Crippen LogP contribution in [0.2, 0.25) is 0 Å². The summed E-state index contributed by atoms with van der Waals surface area (Å²) >= 11 is 0. The van der Waals surface area contributed by atoms with Gasteiger partial charge in [-0.1, -0.05) is 0 Å². The van der Waals surface area contributed by atoms with Crippen molar-refractivity contribution in [1.29, 1.82) is 0 Å². The molecule has 8 heteroatoms. The van der Waals surface area contributed by atoms with E-state index in [4.69, 9.17) is 4.74 Å². The van der Waals surface area contributed by atoms with Crippen molar-refractivity contribution >= 4 is 15.8 Å². The van der Waals surface area contributed by atoms with Crippen LogP contribution in [0.5, 0.6) is 0 Å². The summed E-state index contributed by atoms with van der Waals surface area (Å²) in [5.41, 5.74) is 0. The second-order valence-electron chi connectivity index (χ2n) is 5.51. The average Bonchev–Trinajstić information content (AvgIpc) is 2.97. The van der Waals surface area contributed by atoms with Crippen LogP contribution in [0.4, 0.5) is 0 Å². The molecule has 0 aromatic rings. The third kappa shape index (κ3) is 5.80. The molecule has 0 spiro atoms. The van der Waals surface area contributed by atoms with Gasteiger partial charge in [0.25, 0.3) is 0 Å². The van der Waals surface area contributed by atoms with Crippen molar-refractivity contribution < 1.29 is 13.2 Å². The van der Waals surface area contributed by atoms with Crippen LogP contribution in [-0.2, 0) is 14.6 Å². The van der Waals surface area contributed by atoms with Gasteiger partial charge in [0.15, 0.2) is 15.8 Å². The van der Waals surface area contributed by atoms with Crippen molar-refractivity contribution in [2.75, 3.05) is 57.9 Å². The molecule has 0 aromatic carbocycles. The zero-order valence-electron chi connectivity index (χ0n) is 12.7. The number of guanidine groups is 1. The standard InChI is InChI=1S/C13H26N4O3S/c1-14-13(16-11-12-3-2-8-20-12)15-4-5-17-6-9-21(18,19)10-7-17/h12H,2-11H2,1H3,(H2,14,15,16). The first-order chi connectivity index (χ1) is 10.1. The van der Waals surface area contributed by atoms with Gasteiger partial charge in [0.05, 0.1) is 17.6 Å². The third-order valence-corrected chi connectivity index (χ3v) is 5.51. The molecule has 2 aliphatic heterocycles. The van der Waals surface area contributed by atoms with E-state index in [1.807, 2.05) is 0 Å². The van der Waals surface area contributed by atoms with E-state index >= 15 is 0 Å². The lowest BCUT2D eigenvalue weighted by Crippen LogP contribution is -2.46.